The number of H-pyrrole nitrogens is 1. The van der Waals surface area contributed by atoms with Crippen molar-refractivity contribution in [3.63, 3.8) is 0 Å². The van der Waals surface area contributed by atoms with Crippen molar-refractivity contribution in [3.8, 4) is 10.4 Å². The molecule has 4 heterocycles. The molecule has 2 aliphatic heterocycles. The molecule has 2 fully saturated rings. The molecule has 0 radical (unpaired) electrons. The maximum atomic E-state index is 12.9. The highest BCUT2D eigenvalue weighted by Crippen LogP contribution is 2.42. The van der Waals surface area contributed by atoms with Crippen LogP contribution in [0.15, 0.2) is 28.7 Å². The largest absolute Gasteiger partial charge is 0.345 e. The highest BCUT2D eigenvalue weighted by molar-refractivity contribution is 7.91. The number of likely N-dealkylation sites (tertiary alicyclic amines) is 1. The Labute approximate surface area is 150 Å². The lowest BCUT2D eigenvalue weighted by atomic mass is 9.78. The fourth-order valence-electron chi connectivity index (χ4n) is 3.77. The standard InChI is InChI=1S/C16H20N4O3S2/c1-19-11-16(8-14(19)21)4-6-20(7-5-16)25(22,23)15-3-2-13(24-15)12-9-17-18-10-12/h2-3,9-10H,4-8,11H2,1H3,(H,17,18). The van der Waals surface area contributed by atoms with E-state index in [-0.39, 0.29) is 11.3 Å². The number of nitrogens with one attached hydrogen (secondary N) is 1. The first kappa shape index (κ1) is 16.7. The predicted molar refractivity (Wildman–Crippen MR) is 94.6 cm³/mol. The number of carbonyl (C=O) groups excluding carboxylic acids is 1. The quantitative estimate of drug-likeness (QED) is 0.879. The number of carbonyl (C=O) groups is 1. The second kappa shape index (κ2) is 5.93. The molecule has 4 rings (SSSR count). The van der Waals surface area contributed by atoms with Crippen molar-refractivity contribution in [1.82, 2.24) is 19.4 Å². The van der Waals surface area contributed by atoms with Gasteiger partial charge in [0.2, 0.25) is 5.91 Å². The highest BCUT2D eigenvalue weighted by atomic mass is 32.2. The second-order valence-corrected chi connectivity index (χ2v) is 10.2. The monoisotopic (exact) mass is 380 g/mol. The van der Waals surface area contributed by atoms with E-state index in [2.05, 4.69) is 10.2 Å². The minimum Gasteiger partial charge on any atom is -0.345 e. The number of sulfonamides is 1. The molecule has 2 saturated heterocycles. The van der Waals surface area contributed by atoms with Crippen LogP contribution in [0, 0.1) is 5.41 Å². The Morgan fingerprint density at radius 3 is 2.64 bits per heavy atom. The summed E-state index contributed by atoms with van der Waals surface area (Å²) in [6.45, 7) is 1.69. The van der Waals surface area contributed by atoms with Crippen LogP contribution in [0.2, 0.25) is 0 Å². The molecule has 134 valence electrons. The van der Waals surface area contributed by atoms with E-state index >= 15 is 0 Å². The van der Waals surface area contributed by atoms with E-state index in [0.29, 0.717) is 23.7 Å². The smallest absolute Gasteiger partial charge is 0.252 e. The Bertz CT molecular complexity index is 880. The third-order valence-electron chi connectivity index (χ3n) is 5.27. The zero-order valence-electron chi connectivity index (χ0n) is 13.9. The maximum absolute atomic E-state index is 12.9. The molecule has 0 unspecified atom stereocenters. The summed E-state index contributed by atoms with van der Waals surface area (Å²) < 4.78 is 27.8. The molecule has 1 spiro atoms. The van der Waals surface area contributed by atoms with Crippen LogP contribution in [0.1, 0.15) is 19.3 Å². The van der Waals surface area contributed by atoms with Crippen LogP contribution < -0.4 is 0 Å². The van der Waals surface area contributed by atoms with Crippen LogP contribution in [0.3, 0.4) is 0 Å². The highest BCUT2D eigenvalue weighted by Gasteiger charge is 2.45. The van der Waals surface area contributed by atoms with Crippen molar-refractivity contribution < 1.29 is 13.2 Å². The lowest BCUT2D eigenvalue weighted by molar-refractivity contribution is -0.126. The van der Waals surface area contributed by atoms with Gasteiger partial charge in [0, 0.05) is 49.7 Å². The Balaban J connectivity index is 1.50. The number of aromatic nitrogens is 2. The average molecular weight is 380 g/mol. The van der Waals surface area contributed by atoms with Crippen LogP contribution in [-0.2, 0) is 14.8 Å². The van der Waals surface area contributed by atoms with Gasteiger partial charge in [-0.2, -0.15) is 9.40 Å². The molecule has 0 saturated carbocycles. The van der Waals surface area contributed by atoms with Gasteiger partial charge in [0.05, 0.1) is 6.20 Å². The van der Waals surface area contributed by atoms with Gasteiger partial charge in [0.25, 0.3) is 10.0 Å². The summed E-state index contributed by atoms with van der Waals surface area (Å²) in [7, 11) is -1.66. The molecule has 0 atom stereocenters. The van der Waals surface area contributed by atoms with E-state index in [9.17, 15) is 13.2 Å². The van der Waals surface area contributed by atoms with Crippen molar-refractivity contribution in [3.05, 3.63) is 24.5 Å². The molecule has 25 heavy (non-hydrogen) atoms. The normalized spacial score (nSPS) is 21.3. The van der Waals surface area contributed by atoms with Crippen LogP contribution >= 0.6 is 11.3 Å². The SMILES string of the molecule is CN1CC2(CCN(S(=O)(=O)c3ccc(-c4cn[nH]c4)s3)CC2)CC1=O. The van der Waals surface area contributed by atoms with Crippen LogP contribution in [0.4, 0.5) is 0 Å². The number of thiophene rings is 1. The molecule has 0 aliphatic carbocycles. The van der Waals surface area contributed by atoms with Crippen molar-refractivity contribution in [1.29, 1.82) is 0 Å². The summed E-state index contributed by atoms with van der Waals surface area (Å²) in [5, 5.41) is 6.64. The number of piperidine rings is 1. The topological polar surface area (TPSA) is 86.4 Å². The summed E-state index contributed by atoms with van der Waals surface area (Å²) in [6, 6.07) is 3.48. The number of aromatic amines is 1. The molecule has 1 N–H and O–H groups in total. The van der Waals surface area contributed by atoms with E-state index in [1.807, 2.05) is 13.1 Å². The third kappa shape index (κ3) is 2.90. The number of hydrogen-bond donors (Lipinski definition) is 1. The average Bonchev–Trinajstić information content (AvgIpc) is 3.30. The van der Waals surface area contributed by atoms with Crippen molar-refractivity contribution in [2.45, 2.75) is 23.5 Å². The molecular formula is C16H20N4O3S2. The van der Waals surface area contributed by atoms with Crippen LogP contribution in [0.5, 0.6) is 0 Å². The van der Waals surface area contributed by atoms with Crippen molar-refractivity contribution in [2.75, 3.05) is 26.7 Å². The van der Waals surface area contributed by atoms with Gasteiger partial charge in [-0.1, -0.05) is 0 Å². The van der Waals surface area contributed by atoms with E-state index in [1.165, 1.54) is 11.3 Å². The number of nitrogens with zero attached hydrogens (tertiary/aromatic N) is 3. The van der Waals surface area contributed by atoms with Gasteiger partial charge >= 0.3 is 0 Å². The minimum absolute atomic E-state index is 0.0464. The zero-order chi connectivity index (χ0) is 17.7. The van der Waals surface area contributed by atoms with Gasteiger partial charge in [0.15, 0.2) is 0 Å². The Kier molecular flexibility index (Phi) is 3.97. The molecule has 0 aromatic carbocycles. The van der Waals surface area contributed by atoms with Crippen molar-refractivity contribution in [2.24, 2.45) is 5.41 Å². The molecule has 2 aliphatic rings. The lowest BCUT2D eigenvalue weighted by Crippen LogP contribution is -2.43. The van der Waals surface area contributed by atoms with Gasteiger partial charge in [-0.3, -0.25) is 9.89 Å². The van der Waals surface area contributed by atoms with E-state index < -0.39 is 10.0 Å². The first-order chi connectivity index (χ1) is 11.9. The van der Waals surface area contributed by atoms with Crippen molar-refractivity contribution >= 4 is 27.3 Å². The number of hydrogen-bond acceptors (Lipinski definition) is 5. The van der Waals surface area contributed by atoms with Gasteiger partial charge in [-0.15, -0.1) is 11.3 Å². The van der Waals surface area contributed by atoms with Gasteiger partial charge in [0.1, 0.15) is 4.21 Å². The Hall–Kier alpha value is -1.71. The van der Waals surface area contributed by atoms with Crippen LogP contribution in [-0.4, -0.2) is 60.4 Å². The summed E-state index contributed by atoms with van der Waals surface area (Å²) in [5.41, 5.74) is 0.839. The summed E-state index contributed by atoms with van der Waals surface area (Å²) in [4.78, 5) is 14.5. The maximum Gasteiger partial charge on any atom is 0.252 e. The predicted octanol–water partition coefficient (Wildman–Crippen LogP) is 1.77. The molecule has 2 aromatic heterocycles. The summed E-state index contributed by atoms with van der Waals surface area (Å²) in [5.74, 6) is 0.166. The number of rotatable bonds is 3. The second-order valence-electron chi connectivity index (χ2n) is 6.94. The zero-order valence-corrected chi connectivity index (χ0v) is 15.6. The van der Waals surface area contributed by atoms with Gasteiger partial charge < -0.3 is 4.90 Å². The Morgan fingerprint density at radius 2 is 2.04 bits per heavy atom. The number of amides is 1. The van der Waals surface area contributed by atoms with E-state index in [0.717, 1.165) is 29.8 Å². The van der Waals surface area contributed by atoms with Gasteiger partial charge in [-0.05, 0) is 30.4 Å². The molecule has 0 bridgehead atoms. The molecular weight excluding hydrogens is 360 g/mol. The summed E-state index contributed by atoms with van der Waals surface area (Å²) in [6.07, 6.45) is 5.45. The first-order valence-corrected chi connectivity index (χ1v) is 10.5. The molecule has 1 amide bonds. The third-order valence-corrected chi connectivity index (χ3v) is 8.77. The fraction of sp³-hybridized carbons (Fsp3) is 0.500. The summed E-state index contributed by atoms with van der Waals surface area (Å²) >= 11 is 1.26. The van der Waals surface area contributed by atoms with E-state index in [4.69, 9.17) is 0 Å². The first-order valence-electron chi connectivity index (χ1n) is 8.23. The van der Waals surface area contributed by atoms with E-state index in [1.54, 1.807) is 27.7 Å². The minimum atomic E-state index is -3.48. The van der Waals surface area contributed by atoms with Gasteiger partial charge in [-0.25, -0.2) is 8.42 Å². The van der Waals surface area contributed by atoms with Crippen LogP contribution in [0.25, 0.3) is 10.4 Å². The Morgan fingerprint density at radius 1 is 1.28 bits per heavy atom. The molecule has 9 heteroatoms. The lowest BCUT2D eigenvalue weighted by Gasteiger charge is -2.37. The molecule has 2 aromatic rings. The fourth-order valence-corrected chi connectivity index (χ4v) is 6.65. The molecule has 7 nitrogen and oxygen atoms in total.